The fraction of sp³-hybridized carbons (Fsp3) is 0.154. The molecule has 6 heteroatoms. The fourth-order valence-electron chi connectivity index (χ4n) is 1.70. The molecule has 4 N–H and O–H groups in total. The molecule has 2 heterocycles. The van der Waals surface area contributed by atoms with Crippen LogP contribution in [0.25, 0.3) is 0 Å². The number of hydrogen-bond acceptors (Lipinski definition) is 2. The Morgan fingerprint density at radius 2 is 2.00 bits per heavy atom. The average molecular weight is 281 g/mol. The summed E-state index contributed by atoms with van der Waals surface area (Å²) in [6, 6.07) is 5.03. The van der Waals surface area contributed by atoms with Gasteiger partial charge in [0.15, 0.2) is 0 Å². The molecule has 0 fully saturated rings. The van der Waals surface area contributed by atoms with Crippen LogP contribution >= 0.6 is 11.6 Å². The molecule has 0 aliphatic rings. The molecule has 0 spiro atoms. The lowest BCUT2D eigenvalue weighted by atomic mass is 10.0. The number of nitrogens with one attached hydrogen (secondary N) is 2. The highest BCUT2D eigenvalue weighted by atomic mass is 35.5. The Kier molecular flexibility index (Phi) is 4.06. The Morgan fingerprint density at radius 3 is 2.74 bits per heavy atom. The predicted octanol–water partition coefficient (Wildman–Crippen LogP) is 3.14. The fourth-order valence-corrected chi connectivity index (χ4v) is 1.92. The van der Waals surface area contributed by atoms with Gasteiger partial charge in [-0.25, -0.2) is 4.98 Å². The topological polar surface area (TPSA) is 70.5 Å². The maximum Gasteiger partial charge on any atom is 0.218 e. The number of hydrogen-bond donors (Lipinski definition) is 3. The molecule has 0 bridgehead atoms. The molecular formula is C13H14ClFN4. The predicted molar refractivity (Wildman–Crippen MR) is 73.9 cm³/mol. The van der Waals surface area contributed by atoms with Gasteiger partial charge in [0.2, 0.25) is 5.95 Å². The zero-order valence-electron chi connectivity index (χ0n) is 10.4. The molecule has 19 heavy (non-hydrogen) atoms. The molecule has 2 rings (SSSR count). The highest BCUT2D eigenvalue weighted by Crippen LogP contribution is 2.16. The molecule has 0 saturated carbocycles. The lowest BCUT2D eigenvalue weighted by molar-refractivity contribution is 0.572. The zero-order valence-corrected chi connectivity index (χ0v) is 11.1. The van der Waals surface area contributed by atoms with Crippen LogP contribution in [0.5, 0.6) is 0 Å². The number of rotatable bonds is 2. The Bertz CT molecular complexity index is 631. The SMILES string of the molecule is Cc1cc(Cl)c[nH][nH]cc1Cc1ccc(N)nc1F. The van der Waals surface area contributed by atoms with Gasteiger partial charge in [-0.1, -0.05) is 17.7 Å². The van der Waals surface area contributed by atoms with E-state index in [1.54, 1.807) is 24.5 Å². The van der Waals surface area contributed by atoms with Gasteiger partial charge in [-0.05, 0) is 30.2 Å². The van der Waals surface area contributed by atoms with E-state index < -0.39 is 5.95 Å². The Morgan fingerprint density at radius 1 is 1.26 bits per heavy atom. The first-order valence-corrected chi connectivity index (χ1v) is 6.09. The van der Waals surface area contributed by atoms with Crippen LogP contribution in [0.4, 0.5) is 10.2 Å². The van der Waals surface area contributed by atoms with Gasteiger partial charge in [0.25, 0.3) is 0 Å². The number of aromatic nitrogens is 3. The smallest absolute Gasteiger partial charge is 0.218 e. The molecule has 0 atom stereocenters. The first-order chi connectivity index (χ1) is 9.06. The molecule has 2 aromatic heterocycles. The lowest BCUT2D eigenvalue weighted by Crippen LogP contribution is -2.00. The summed E-state index contributed by atoms with van der Waals surface area (Å²) in [7, 11) is 0. The van der Waals surface area contributed by atoms with Crippen molar-refractivity contribution in [3.05, 3.63) is 58.3 Å². The molecule has 0 aliphatic carbocycles. The third kappa shape index (κ3) is 3.48. The van der Waals surface area contributed by atoms with Gasteiger partial charge in [-0.3, -0.25) is 0 Å². The van der Waals surface area contributed by atoms with Crippen LogP contribution in [0, 0.1) is 12.9 Å². The lowest BCUT2D eigenvalue weighted by Gasteiger charge is -2.06. The molecule has 0 radical (unpaired) electrons. The minimum absolute atomic E-state index is 0.172. The number of H-pyrrole nitrogens is 2. The second-order valence-electron chi connectivity index (χ2n) is 4.18. The third-order valence-electron chi connectivity index (χ3n) is 2.73. The number of nitrogen functional groups attached to an aromatic ring is 1. The van der Waals surface area contributed by atoms with Crippen LogP contribution in [0.15, 0.2) is 30.6 Å². The van der Waals surface area contributed by atoms with Crippen molar-refractivity contribution in [2.24, 2.45) is 0 Å². The van der Waals surface area contributed by atoms with Crippen molar-refractivity contribution in [1.29, 1.82) is 0 Å². The minimum atomic E-state index is -0.551. The normalized spacial score (nSPS) is 10.3. The van der Waals surface area contributed by atoms with Crippen molar-refractivity contribution in [2.75, 3.05) is 5.73 Å². The van der Waals surface area contributed by atoms with E-state index in [1.807, 2.05) is 13.0 Å². The maximum atomic E-state index is 13.7. The molecular weight excluding hydrogens is 267 g/mol. The Hall–Kier alpha value is -2.01. The van der Waals surface area contributed by atoms with E-state index in [4.69, 9.17) is 17.3 Å². The number of anilines is 1. The van der Waals surface area contributed by atoms with Crippen LogP contribution in [0.1, 0.15) is 16.7 Å². The van der Waals surface area contributed by atoms with Gasteiger partial charge >= 0.3 is 0 Å². The van der Waals surface area contributed by atoms with Crippen molar-refractivity contribution >= 4 is 17.4 Å². The van der Waals surface area contributed by atoms with E-state index in [2.05, 4.69) is 15.2 Å². The largest absolute Gasteiger partial charge is 0.384 e. The molecule has 0 unspecified atom stereocenters. The molecule has 0 aliphatic heterocycles. The van der Waals surface area contributed by atoms with Gasteiger partial charge in [-0.15, -0.1) is 0 Å². The summed E-state index contributed by atoms with van der Waals surface area (Å²) in [5.41, 5.74) is 7.77. The molecule has 4 nitrogen and oxygen atoms in total. The Balaban J connectivity index is 2.41. The van der Waals surface area contributed by atoms with E-state index >= 15 is 0 Å². The van der Waals surface area contributed by atoms with Gasteiger partial charge in [0.05, 0.1) is 5.02 Å². The highest BCUT2D eigenvalue weighted by molar-refractivity contribution is 6.30. The molecule has 100 valence electrons. The summed E-state index contributed by atoms with van der Waals surface area (Å²) in [6.45, 7) is 1.91. The van der Waals surface area contributed by atoms with E-state index in [9.17, 15) is 4.39 Å². The van der Waals surface area contributed by atoms with Crippen LogP contribution in [0.2, 0.25) is 5.02 Å². The number of aryl methyl sites for hydroxylation is 1. The number of nitrogens with zero attached hydrogens (tertiary/aromatic N) is 1. The summed E-state index contributed by atoms with van der Waals surface area (Å²) in [6.07, 6.45) is 3.80. The van der Waals surface area contributed by atoms with Gasteiger partial charge in [-0.2, -0.15) is 4.39 Å². The quantitative estimate of drug-likeness (QED) is 0.740. The maximum absolute atomic E-state index is 13.7. The molecule has 2 aromatic rings. The number of nitrogens with two attached hydrogens (primary N) is 1. The van der Waals surface area contributed by atoms with Crippen molar-refractivity contribution < 1.29 is 4.39 Å². The van der Waals surface area contributed by atoms with Crippen molar-refractivity contribution in [1.82, 2.24) is 15.2 Å². The van der Waals surface area contributed by atoms with E-state index in [-0.39, 0.29) is 5.82 Å². The van der Waals surface area contributed by atoms with Crippen LogP contribution in [-0.4, -0.2) is 15.2 Å². The van der Waals surface area contributed by atoms with Gasteiger partial charge in [0.1, 0.15) is 5.82 Å². The van der Waals surface area contributed by atoms with E-state index in [0.717, 1.165) is 11.1 Å². The van der Waals surface area contributed by atoms with E-state index in [1.165, 1.54) is 0 Å². The number of pyridine rings is 1. The Labute approximate surface area is 115 Å². The van der Waals surface area contributed by atoms with Crippen molar-refractivity contribution in [3.8, 4) is 0 Å². The number of halogens is 2. The monoisotopic (exact) mass is 280 g/mol. The first-order valence-electron chi connectivity index (χ1n) is 5.71. The summed E-state index contributed by atoms with van der Waals surface area (Å²) in [5.74, 6) is -0.378. The molecule has 0 amide bonds. The second-order valence-corrected chi connectivity index (χ2v) is 4.61. The van der Waals surface area contributed by atoms with Crippen LogP contribution < -0.4 is 5.73 Å². The third-order valence-corrected chi connectivity index (χ3v) is 2.95. The highest BCUT2D eigenvalue weighted by Gasteiger charge is 2.06. The average Bonchev–Trinajstić information content (AvgIpc) is 2.33. The van der Waals surface area contributed by atoms with Crippen LogP contribution in [0.3, 0.4) is 0 Å². The summed E-state index contributed by atoms with van der Waals surface area (Å²) >= 11 is 5.96. The molecule has 0 saturated heterocycles. The second kappa shape index (κ2) is 5.75. The zero-order chi connectivity index (χ0) is 13.8. The minimum Gasteiger partial charge on any atom is -0.384 e. The summed E-state index contributed by atoms with van der Waals surface area (Å²) < 4.78 is 13.7. The van der Waals surface area contributed by atoms with Crippen LogP contribution in [-0.2, 0) is 6.42 Å². The van der Waals surface area contributed by atoms with Gasteiger partial charge < -0.3 is 15.9 Å². The summed E-state index contributed by atoms with van der Waals surface area (Å²) in [5, 5.41) is 6.23. The first kappa shape index (κ1) is 13.4. The number of aromatic amines is 2. The summed E-state index contributed by atoms with van der Waals surface area (Å²) in [4.78, 5) is 3.61. The molecule has 0 aromatic carbocycles. The van der Waals surface area contributed by atoms with E-state index in [0.29, 0.717) is 17.0 Å². The van der Waals surface area contributed by atoms with Crippen molar-refractivity contribution in [2.45, 2.75) is 13.3 Å². The van der Waals surface area contributed by atoms with Gasteiger partial charge in [0, 0.05) is 24.4 Å². The van der Waals surface area contributed by atoms with Crippen molar-refractivity contribution in [3.63, 3.8) is 0 Å². The standard InChI is InChI=1S/C13H14ClFN4/c1-8-4-11(14)7-18-17-6-10(8)5-9-2-3-12(16)19-13(9)15/h2-4,6-7,17-18H,5H2,1H3,(H2,16,19).